The van der Waals surface area contributed by atoms with E-state index in [1.54, 1.807) is 35.6 Å². The fraction of sp³-hybridized carbons (Fsp3) is 0.509. The second kappa shape index (κ2) is 27.3. The molecule has 416 valence electrons. The summed E-state index contributed by atoms with van der Waals surface area (Å²) in [6.45, 7) is 13.2. The van der Waals surface area contributed by atoms with Gasteiger partial charge in [-0.25, -0.2) is 14.7 Å². The Bertz CT molecular complexity index is 2690. The van der Waals surface area contributed by atoms with Crippen molar-refractivity contribution < 1.29 is 70.7 Å². The molecule has 2 saturated heterocycles. The number of nitriles is 1. The van der Waals surface area contributed by atoms with Crippen LogP contribution in [0.5, 0.6) is 5.75 Å². The quantitative estimate of drug-likeness (QED) is 0.0421. The Morgan fingerprint density at radius 2 is 1.45 bits per heavy atom. The molecule has 3 heterocycles. The number of rotatable bonds is 28. The Balaban J connectivity index is 0.774. The van der Waals surface area contributed by atoms with Gasteiger partial charge in [0.25, 0.3) is 5.91 Å². The number of imide groups is 1. The molecular formula is C55H67F3N6O12S. The summed E-state index contributed by atoms with van der Waals surface area (Å²) in [7, 11) is 0. The Morgan fingerprint density at radius 3 is 2.04 bits per heavy atom. The number of carbonyl (C=O) groups excluding carboxylic acids is 5. The van der Waals surface area contributed by atoms with Gasteiger partial charge in [0, 0.05) is 38.3 Å². The van der Waals surface area contributed by atoms with Crippen LogP contribution in [0.3, 0.4) is 0 Å². The maximum Gasteiger partial charge on any atom is 0.417 e. The molecule has 0 aliphatic carbocycles. The van der Waals surface area contributed by atoms with E-state index in [1.165, 1.54) is 29.7 Å². The van der Waals surface area contributed by atoms with Crippen LogP contribution in [0.4, 0.5) is 29.3 Å². The molecule has 0 spiro atoms. The zero-order chi connectivity index (χ0) is 55.9. The van der Waals surface area contributed by atoms with Crippen molar-refractivity contribution in [1.29, 1.82) is 5.26 Å². The molecule has 2 N–H and O–H groups in total. The van der Waals surface area contributed by atoms with Crippen LogP contribution in [0.25, 0.3) is 10.4 Å². The summed E-state index contributed by atoms with van der Waals surface area (Å²) in [5.41, 5.74) is 0.841. The molecule has 0 bridgehead atoms. The fourth-order valence-corrected chi connectivity index (χ4v) is 9.59. The Hall–Kier alpha value is -6.32. The highest BCUT2D eigenvalue weighted by molar-refractivity contribution is 7.13. The summed E-state index contributed by atoms with van der Waals surface area (Å²) in [6, 6.07) is 15.9. The number of hydrogen-bond acceptors (Lipinski definition) is 15. The van der Waals surface area contributed by atoms with Crippen LogP contribution >= 0.6 is 11.3 Å². The van der Waals surface area contributed by atoms with Crippen LogP contribution in [0, 0.1) is 23.7 Å². The number of aromatic nitrogens is 1. The van der Waals surface area contributed by atoms with Crippen molar-refractivity contribution >= 4 is 52.2 Å². The maximum atomic E-state index is 13.9. The lowest BCUT2D eigenvalue weighted by molar-refractivity contribution is -0.144. The van der Waals surface area contributed by atoms with Gasteiger partial charge in [0.05, 0.1) is 97.4 Å². The molecule has 0 radical (unpaired) electrons. The molecule has 5 amide bonds. The number of aliphatic hydroxyl groups excluding tert-OH is 1. The van der Waals surface area contributed by atoms with Gasteiger partial charge in [0.15, 0.2) is 5.78 Å². The van der Waals surface area contributed by atoms with E-state index in [2.05, 4.69) is 10.3 Å². The number of nitrogens with zero attached hydrogens (tertiary/aromatic N) is 5. The average molecular weight is 1090 g/mol. The first kappa shape index (κ1) is 59.9. The van der Waals surface area contributed by atoms with Gasteiger partial charge in [-0.2, -0.15) is 18.4 Å². The van der Waals surface area contributed by atoms with Gasteiger partial charge in [0.1, 0.15) is 30.5 Å². The first-order chi connectivity index (χ1) is 36.6. The minimum absolute atomic E-state index is 0.00218. The lowest BCUT2D eigenvalue weighted by atomic mass is 9.85. The molecule has 2 aliphatic heterocycles. The van der Waals surface area contributed by atoms with E-state index in [0.717, 1.165) is 33.8 Å². The van der Waals surface area contributed by atoms with Crippen LogP contribution in [0.1, 0.15) is 76.3 Å². The minimum atomic E-state index is -4.87. The lowest BCUT2D eigenvalue weighted by Crippen LogP contribution is -2.57. The smallest absolute Gasteiger partial charge is 0.417 e. The number of β-amino-alcohol motifs (C(OH)–C–C–N with tert-alkyl or cyclic N) is 1. The van der Waals surface area contributed by atoms with Crippen LogP contribution < -0.4 is 19.9 Å². The molecule has 77 heavy (non-hydrogen) atoms. The van der Waals surface area contributed by atoms with Crippen molar-refractivity contribution in [2.45, 2.75) is 97.1 Å². The van der Waals surface area contributed by atoms with Crippen LogP contribution in [0.15, 0.2) is 72.2 Å². The summed E-state index contributed by atoms with van der Waals surface area (Å²) >= 11 is 1.57. The number of anilines is 2. The first-order valence-electron chi connectivity index (χ1n) is 25.3. The molecule has 6 rings (SSSR count). The number of amides is 5. The highest BCUT2D eigenvalue weighted by Gasteiger charge is 2.53. The van der Waals surface area contributed by atoms with Gasteiger partial charge in [-0.3, -0.25) is 24.1 Å². The highest BCUT2D eigenvalue weighted by atomic mass is 32.1. The van der Waals surface area contributed by atoms with Crippen molar-refractivity contribution in [3.05, 3.63) is 94.6 Å². The topological polar surface area (TPSA) is 219 Å². The number of aliphatic hydroxyl groups is 1. The summed E-state index contributed by atoms with van der Waals surface area (Å²) < 4.78 is 74.5. The minimum Gasteiger partial charge on any atom is -0.491 e. The van der Waals surface area contributed by atoms with Crippen molar-refractivity contribution in [3.63, 3.8) is 0 Å². The molecule has 1 aromatic heterocycles. The van der Waals surface area contributed by atoms with E-state index >= 15 is 0 Å². The molecule has 18 nitrogen and oxygen atoms in total. The standard InChI is InChI=1S/C55H67F3N6O12S/c1-36-48(77-35-60-36)38-11-8-37(9-12-38)10-19-46(66)45-31-42(65)33-62(45)50(68)49(53(2,3)4)61-47(67)34-75-27-26-73-24-22-71-20-7-21-72-23-25-74-28-29-76-43-17-15-40(16-18-43)64-52(70)63(51(69)54(64,5)6)41-14-13-39(32-59)44(30-41)55(56,57)58/h8-9,11-18,30,35,42,45,49,65H,7,10,19-29,31,33-34H2,1-6H3,(H,61,67)/t42-,45+,49-/m1/s1. The van der Waals surface area contributed by atoms with E-state index in [9.17, 15) is 42.3 Å². The van der Waals surface area contributed by atoms with E-state index < -0.39 is 70.2 Å². The molecule has 3 aromatic carbocycles. The van der Waals surface area contributed by atoms with Gasteiger partial charge in [0.2, 0.25) is 11.8 Å². The first-order valence-corrected chi connectivity index (χ1v) is 26.2. The van der Waals surface area contributed by atoms with Gasteiger partial charge >= 0.3 is 12.2 Å². The summed E-state index contributed by atoms with van der Waals surface area (Å²) in [4.78, 5) is 76.0. The molecular weight excluding hydrogens is 1030 g/mol. The third kappa shape index (κ3) is 16.1. The van der Waals surface area contributed by atoms with Gasteiger partial charge in [-0.15, -0.1) is 11.3 Å². The zero-order valence-corrected chi connectivity index (χ0v) is 45.0. The molecule has 3 atom stereocenters. The summed E-state index contributed by atoms with van der Waals surface area (Å²) in [5, 5.41) is 22.5. The molecule has 0 unspecified atom stereocenters. The molecule has 4 aromatic rings. The number of alkyl halides is 3. The SMILES string of the molecule is Cc1ncsc1-c1ccc(CCC(=O)[C@@H]2C[C@@H](O)CN2C(=O)[C@@H](NC(=O)COCCOCCOCCCOCCOCCOc2ccc(N3C(=O)N(c4ccc(C#N)c(C(F)(F)F)c4)C(=O)C3(C)C)cc2)C(C)(C)C)cc1. The number of benzene rings is 3. The van der Waals surface area contributed by atoms with E-state index in [4.69, 9.17) is 33.7 Å². The Morgan fingerprint density at radius 1 is 0.857 bits per heavy atom. The van der Waals surface area contributed by atoms with E-state index in [1.807, 2.05) is 57.5 Å². The number of thiazole rings is 1. The van der Waals surface area contributed by atoms with Crippen molar-refractivity contribution in [3.8, 4) is 22.3 Å². The zero-order valence-electron chi connectivity index (χ0n) is 44.2. The maximum absolute atomic E-state index is 13.9. The number of urea groups is 1. The van der Waals surface area contributed by atoms with Crippen LogP contribution in [0.2, 0.25) is 0 Å². The van der Waals surface area contributed by atoms with Crippen molar-refractivity contribution in [2.75, 3.05) is 89.0 Å². The fourth-order valence-electron chi connectivity index (χ4n) is 8.77. The van der Waals surface area contributed by atoms with Gasteiger partial charge in [-0.05, 0) is 92.6 Å². The van der Waals surface area contributed by atoms with Gasteiger partial charge < -0.3 is 43.7 Å². The predicted molar refractivity (Wildman–Crippen MR) is 279 cm³/mol. The second-order valence-electron chi connectivity index (χ2n) is 20.0. The number of halogens is 3. The Kier molecular flexibility index (Phi) is 21.3. The normalized spacial score (nSPS) is 17.0. The third-order valence-electron chi connectivity index (χ3n) is 12.8. The number of ketones is 1. The number of ether oxygens (including phenoxy) is 6. The number of Topliss-reactive ketones (excluding diaryl/α,β-unsaturated/α-hetero) is 1. The van der Waals surface area contributed by atoms with E-state index in [0.29, 0.717) is 74.9 Å². The van der Waals surface area contributed by atoms with Gasteiger partial charge in [-0.1, -0.05) is 45.0 Å². The second-order valence-corrected chi connectivity index (χ2v) is 20.9. The van der Waals surface area contributed by atoms with Crippen LogP contribution in [-0.4, -0.2) is 147 Å². The number of carbonyl (C=O) groups is 5. The molecule has 0 saturated carbocycles. The Labute approximate surface area is 450 Å². The van der Waals surface area contributed by atoms with Crippen molar-refractivity contribution in [1.82, 2.24) is 15.2 Å². The van der Waals surface area contributed by atoms with Crippen molar-refractivity contribution in [2.24, 2.45) is 5.41 Å². The molecule has 22 heteroatoms. The van der Waals surface area contributed by atoms with Crippen LogP contribution in [-0.2, 0) is 55.5 Å². The average Bonchev–Trinajstić information content (AvgIpc) is 4.06. The number of aryl methyl sites for hydroxylation is 2. The molecule has 2 fully saturated rings. The predicted octanol–water partition coefficient (Wildman–Crippen LogP) is 7.31. The summed E-state index contributed by atoms with van der Waals surface area (Å²) in [6.07, 6.45) is -4.25. The monoisotopic (exact) mass is 1090 g/mol. The lowest BCUT2D eigenvalue weighted by Gasteiger charge is -2.35. The highest BCUT2D eigenvalue weighted by Crippen LogP contribution is 2.40. The van der Waals surface area contributed by atoms with E-state index in [-0.39, 0.29) is 63.9 Å². The largest absolute Gasteiger partial charge is 0.491 e. The number of nitrogens with one attached hydrogen (secondary N) is 1. The number of hydrogen-bond donors (Lipinski definition) is 2. The third-order valence-corrected chi connectivity index (χ3v) is 13.8. The summed E-state index contributed by atoms with van der Waals surface area (Å²) in [5.74, 6) is -1.34. The molecule has 2 aliphatic rings. The number of likely N-dealkylation sites (tertiary alicyclic amines) is 1.